The second-order valence-electron chi connectivity index (χ2n) is 5.14. The van der Waals surface area contributed by atoms with Gasteiger partial charge in [0.2, 0.25) is 0 Å². The van der Waals surface area contributed by atoms with E-state index >= 15 is 0 Å². The van der Waals surface area contributed by atoms with E-state index in [1.807, 2.05) is 0 Å². The number of hydrogen-bond acceptors (Lipinski definition) is 6. The molecule has 0 aliphatic carbocycles. The molecule has 132 valence electrons. The summed E-state index contributed by atoms with van der Waals surface area (Å²) in [5, 5.41) is 11.3. The summed E-state index contributed by atoms with van der Waals surface area (Å²) in [6.07, 6.45) is 2.89. The molecule has 0 atom stereocenters. The Balaban J connectivity index is 2.61. The number of methoxy groups -OCH3 is 2. The molecule has 0 aliphatic heterocycles. The SMILES string of the molecule is COc1ccc(/C=C/c2c([N+](=O)[O-])c(=O)n(C)c(=O)n2C)cc1OC. The van der Waals surface area contributed by atoms with E-state index in [0.29, 0.717) is 21.6 Å². The molecule has 0 radical (unpaired) electrons. The number of benzene rings is 1. The van der Waals surface area contributed by atoms with Crippen LogP contribution in [0.5, 0.6) is 11.5 Å². The smallest absolute Gasteiger partial charge is 0.357 e. The number of nitro groups is 1. The average Bonchev–Trinajstić information content (AvgIpc) is 2.60. The maximum atomic E-state index is 12.0. The van der Waals surface area contributed by atoms with E-state index in [0.717, 1.165) is 4.57 Å². The number of aromatic nitrogens is 2. The Bertz CT molecular complexity index is 971. The van der Waals surface area contributed by atoms with Crippen LogP contribution >= 0.6 is 0 Å². The van der Waals surface area contributed by atoms with Crippen molar-refractivity contribution in [2.24, 2.45) is 14.1 Å². The Morgan fingerprint density at radius 2 is 1.68 bits per heavy atom. The van der Waals surface area contributed by atoms with Crippen molar-refractivity contribution in [3.8, 4) is 11.5 Å². The molecule has 9 nitrogen and oxygen atoms in total. The minimum atomic E-state index is -0.958. The zero-order valence-electron chi connectivity index (χ0n) is 14.2. The monoisotopic (exact) mass is 347 g/mol. The summed E-state index contributed by atoms with van der Waals surface area (Å²) in [6.45, 7) is 0. The molecule has 0 saturated carbocycles. The number of nitrogens with zero attached hydrogens (tertiary/aromatic N) is 3. The van der Waals surface area contributed by atoms with Crippen molar-refractivity contribution in [1.82, 2.24) is 9.13 Å². The van der Waals surface area contributed by atoms with Gasteiger partial charge in [-0.05, 0) is 23.8 Å². The van der Waals surface area contributed by atoms with Gasteiger partial charge in [-0.1, -0.05) is 12.1 Å². The molecule has 9 heteroatoms. The second-order valence-corrected chi connectivity index (χ2v) is 5.14. The minimum Gasteiger partial charge on any atom is -0.493 e. The van der Waals surface area contributed by atoms with E-state index in [4.69, 9.17) is 9.47 Å². The average molecular weight is 347 g/mol. The molecule has 0 spiro atoms. The fourth-order valence-electron chi connectivity index (χ4n) is 2.34. The van der Waals surface area contributed by atoms with Gasteiger partial charge >= 0.3 is 16.9 Å². The molecule has 25 heavy (non-hydrogen) atoms. The van der Waals surface area contributed by atoms with E-state index in [1.165, 1.54) is 34.4 Å². The molecule has 0 bridgehead atoms. The van der Waals surface area contributed by atoms with Crippen LogP contribution < -0.4 is 20.7 Å². The highest BCUT2D eigenvalue weighted by Gasteiger charge is 2.23. The Labute approximate surface area is 142 Å². The third kappa shape index (κ3) is 3.30. The molecule has 1 aromatic heterocycles. The first-order valence-corrected chi connectivity index (χ1v) is 7.16. The van der Waals surface area contributed by atoms with Crippen LogP contribution in [0.15, 0.2) is 27.8 Å². The Morgan fingerprint density at radius 1 is 1.04 bits per heavy atom. The molecule has 0 amide bonds. The third-order valence-corrected chi connectivity index (χ3v) is 3.71. The lowest BCUT2D eigenvalue weighted by Crippen LogP contribution is -2.39. The first-order chi connectivity index (χ1) is 11.8. The van der Waals surface area contributed by atoms with Gasteiger partial charge in [0.15, 0.2) is 11.5 Å². The van der Waals surface area contributed by atoms with Crippen molar-refractivity contribution >= 4 is 17.8 Å². The minimum absolute atomic E-state index is 0.0899. The molecular weight excluding hydrogens is 330 g/mol. The maximum absolute atomic E-state index is 12.0. The summed E-state index contributed by atoms with van der Waals surface area (Å²) in [5.74, 6) is 1.02. The van der Waals surface area contributed by atoms with Crippen LogP contribution in [0.1, 0.15) is 11.3 Å². The van der Waals surface area contributed by atoms with Crippen molar-refractivity contribution in [2.75, 3.05) is 14.2 Å². The molecule has 0 saturated heterocycles. The van der Waals surface area contributed by atoms with Gasteiger partial charge in [0.25, 0.3) is 0 Å². The van der Waals surface area contributed by atoms with Gasteiger partial charge in [-0.2, -0.15) is 0 Å². The van der Waals surface area contributed by atoms with Crippen LogP contribution in [0, 0.1) is 10.1 Å². The van der Waals surface area contributed by atoms with E-state index in [1.54, 1.807) is 24.3 Å². The summed E-state index contributed by atoms with van der Waals surface area (Å²) in [5.41, 5.74) is -1.71. The molecule has 0 fully saturated rings. The lowest BCUT2D eigenvalue weighted by molar-refractivity contribution is -0.387. The first kappa shape index (κ1) is 18.0. The number of ether oxygens (including phenoxy) is 2. The molecular formula is C16H17N3O6. The zero-order valence-corrected chi connectivity index (χ0v) is 14.2. The first-order valence-electron chi connectivity index (χ1n) is 7.16. The molecule has 0 N–H and O–H groups in total. The molecule has 2 aromatic rings. The van der Waals surface area contributed by atoms with E-state index in [-0.39, 0.29) is 5.69 Å². The summed E-state index contributed by atoms with van der Waals surface area (Å²) in [4.78, 5) is 34.5. The summed E-state index contributed by atoms with van der Waals surface area (Å²) < 4.78 is 12.1. The fourth-order valence-corrected chi connectivity index (χ4v) is 2.34. The Morgan fingerprint density at radius 3 is 2.24 bits per heavy atom. The van der Waals surface area contributed by atoms with Crippen molar-refractivity contribution in [3.05, 3.63) is 60.4 Å². The lowest BCUT2D eigenvalue weighted by atomic mass is 10.1. The van der Waals surface area contributed by atoms with Crippen molar-refractivity contribution in [3.63, 3.8) is 0 Å². The summed E-state index contributed by atoms with van der Waals surface area (Å²) >= 11 is 0. The van der Waals surface area contributed by atoms with Crippen molar-refractivity contribution < 1.29 is 14.4 Å². The second kappa shape index (κ2) is 7.04. The van der Waals surface area contributed by atoms with E-state index < -0.39 is 21.9 Å². The van der Waals surface area contributed by atoms with Crippen LogP contribution in [0.4, 0.5) is 5.69 Å². The van der Waals surface area contributed by atoms with E-state index in [9.17, 15) is 19.7 Å². The molecule has 2 rings (SSSR count). The van der Waals surface area contributed by atoms with Crippen LogP contribution in [-0.4, -0.2) is 28.3 Å². The van der Waals surface area contributed by atoms with Gasteiger partial charge in [-0.15, -0.1) is 0 Å². The van der Waals surface area contributed by atoms with Crippen LogP contribution in [0.3, 0.4) is 0 Å². The Hall–Kier alpha value is -3.36. The zero-order chi connectivity index (χ0) is 18.7. The lowest BCUT2D eigenvalue weighted by Gasteiger charge is -2.08. The highest BCUT2D eigenvalue weighted by Crippen LogP contribution is 2.28. The summed E-state index contributed by atoms with van der Waals surface area (Å²) in [7, 11) is 5.55. The van der Waals surface area contributed by atoms with Crippen LogP contribution in [0.25, 0.3) is 12.2 Å². The topological polar surface area (TPSA) is 106 Å². The summed E-state index contributed by atoms with van der Waals surface area (Å²) in [6, 6.07) is 5.05. The predicted octanol–water partition coefficient (Wildman–Crippen LogP) is 1.18. The molecule has 0 unspecified atom stereocenters. The highest BCUT2D eigenvalue weighted by atomic mass is 16.6. The van der Waals surface area contributed by atoms with E-state index in [2.05, 4.69) is 0 Å². The number of hydrogen-bond donors (Lipinski definition) is 0. The standard InChI is InChI=1S/C16H17N3O6/c1-17-11(14(19(22)23)15(20)18(2)16(17)21)7-5-10-6-8-12(24-3)13(9-10)25-4/h5-9H,1-4H3/b7-5+. The van der Waals surface area contributed by atoms with Gasteiger partial charge in [0.05, 0.1) is 19.1 Å². The van der Waals surface area contributed by atoms with Crippen molar-refractivity contribution in [2.45, 2.75) is 0 Å². The van der Waals surface area contributed by atoms with Gasteiger partial charge in [-0.25, -0.2) is 4.79 Å². The molecule has 1 heterocycles. The van der Waals surface area contributed by atoms with Crippen LogP contribution in [-0.2, 0) is 14.1 Å². The largest absolute Gasteiger partial charge is 0.493 e. The molecule has 0 aliphatic rings. The van der Waals surface area contributed by atoms with Gasteiger partial charge in [-0.3, -0.25) is 24.0 Å². The predicted molar refractivity (Wildman–Crippen MR) is 92.1 cm³/mol. The van der Waals surface area contributed by atoms with Gasteiger partial charge < -0.3 is 9.47 Å². The van der Waals surface area contributed by atoms with Gasteiger partial charge in [0.1, 0.15) is 5.69 Å². The normalized spacial score (nSPS) is 10.9. The van der Waals surface area contributed by atoms with Crippen molar-refractivity contribution in [1.29, 1.82) is 0 Å². The third-order valence-electron chi connectivity index (χ3n) is 3.71. The quantitative estimate of drug-likeness (QED) is 0.594. The molecule has 1 aromatic carbocycles. The maximum Gasteiger partial charge on any atom is 0.357 e. The van der Waals surface area contributed by atoms with Gasteiger partial charge in [0, 0.05) is 14.1 Å². The fraction of sp³-hybridized carbons (Fsp3) is 0.250. The Kier molecular flexibility index (Phi) is 5.06. The van der Waals surface area contributed by atoms with Crippen LogP contribution in [0.2, 0.25) is 0 Å². The highest BCUT2D eigenvalue weighted by molar-refractivity contribution is 5.73. The number of rotatable bonds is 5.